The number of carbonyl (C=O) groups is 1. The van der Waals surface area contributed by atoms with Crippen molar-refractivity contribution in [1.29, 1.82) is 5.41 Å². The maximum absolute atomic E-state index is 13.5. The van der Waals surface area contributed by atoms with E-state index >= 15 is 0 Å². The quantitative estimate of drug-likeness (QED) is 0.476. The van der Waals surface area contributed by atoms with Gasteiger partial charge in [-0.15, -0.1) is 0 Å². The zero-order valence-corrected chi connectivity index (χ0v) is 10.3. The number of halogens is 1. The number of phenolic OH excluding ortho intramolecular Hbond substituents is 2. The Morgan fingerprint density at radius 1 is 1.28 bits per heavy atom. The Morgan fingerprint density at radius 2 is 1.78 bits per heavy atom. The Bertz CT molecular complexity index is 507. The van der Waals surface area contributed by atoms with Gasteiger partial charge in [-0.1, -0.05) is 0 Å². The third-order valence-corrected chi connectivity index (χ3v) is 2.05. The molecule has 0 saturated heterocycles. The SMILES string of the molecule is CC(C)(C)NC(=O)C(=N)c1cc(O)c(O)cc1F. The molecule has 1 aromatic carbocycles. The van der Waals surface area contributed by atoms with Crippen LogP contribution in [0.15, 0.2) is 12.1 Å². The average Bonchev–Trinajstić information content (AvgIpc) is 2.20. The van der Waals surface area contributed by atoms with Crippen molar-refractivity contribution >= 4 is 11.6 Å². The van der Waals surface area contributed by atoms with E-state index in [2.05, 4.69) is 5.32 Å². The lowest BCUT2D eigenvalue weighted by molar-refractivity contribution is -0.116. The van der Waals surface area contributed by atoms with Crippen molar-refractivity contribution in [2.24, 2.45) is 0 Å². The molecule has 98 valence electrons. The van der Waals surface area contributed by atoms with Crippen molar-refractivity contribution < 1.29 is 19.4 Å². The lowest BCUT2D eigenvalue weighted by atomic mass is 10.0. The molecule has 0 spiro atoms. The molecule has 4 N–H and O–H groups in total. The van der Waals surface area contributed by atoms with Gasteiger partial charge in [0.25, 0.3) is 5.91 Å². The fourth-order valence-electron chi connectivity index (χ4n) is 1.27. The second kappa shape index (κ2) is 4.64. The van der Waals surface area contributed by atoms with Gasteiger partial charge < -0.3 is 15.5 Å². The van der Waals surface area contributed by atoms with Crippen molar-refractivity contribution in [3.05, 3.63) is 23.5 Å². The maximum atomic E-state index is 13.5. The van der Waals surface area contributed by atoms with Crippen LogP contribution in [0.5, 0.6) is 11.5 Å². The second-order valence-electron chi connectivity index (χ2n) is 4.90. The van der Waals surface area contributed by atoms with Gasteiger partial charge in [-0.2, -0.15) is 0 Å². The summed E-state index contributed by atoms with van der Waals surface area (Å²) in [4.78, 5) is 11.7. The molecule has 0 saturated carbocycles. The Labute approximate surface area is 104 Å². The molecule has 0 radical (unpaired) electrons. The minimum atomic E-state index is -0.945. The Morgan fingerprint density at radius 3 is 2.28 bits per heavy atom. The number of carbonyl (C=O) groups excluding carboxylic acids is 1. The normalized spacial score (nSPS) is 11.1. The summed E-state index contributed by atoms with van der Waals surface area (Å²) in [6.07, 6.45) is 0. The first-order valence-corrected chi connectivity index (χ1v) is 5.25. The van der Waals surface area contributed by atoms with Crippen molar-refractivity contribution in [3.63, 3.8) is 0 Å². The number of nitrogens with one attached hydrogen (secondary N) is 2. The van der Waals surface area contributed by atoms with Crippen molar-refractivity contribution in [2.45, 2.75) is 26.3 Å². The van der Waals surface area contributed by atoms with Gasteiger partial charge in [-0.05, 0) is 26.8 Å². The molecule has 5 nitrogen and oxygen atoms in total. The fraction of sp³-hybridized carbons (Fsp3) is 0.333. The smallest absolute Gasteiger partial charge is 0.270 e. The molecule has 1 rings (SSSR count). The van der Waals surface area contributed by atoms with Crippen LogP contribution in [0.2, 0.25) is 0 Å². The van der Waals surface area contributed by atoms with Gasteiger partial charge in [0.15, 0.2) is 11.5 Å². The first kappa shape index (κ1) is 14.0. The van der Waals surface area contributed by atoms with E-state index in [0.29, 0.717) is 6.07 Å². The molecule has 0 bridgehead atoms. The largest absolute Gasteiger partial charge is 0.504 e. The molecule has 1 amide bonds. The van der Waals surface area contributed by atoms with Crippen LogP contribution < -0.4 is 5.32 Å². The highest BCUT2D eigenvalue weighted by atomic mass is 19.1. The molecule has 0 unspecified atom stereocenters. The standard InChI is InChI=1S/C12H15FN2O3/c1-12(2,3)15-11(18)10(14)6-4-8(16)9(17)5-7(6)13/h4-5,14,16-17H,1-3H3,(H,15,18). The number of rotatable bonds is 2. The van der Waals surface area contributed by atoms with E-state index in [1.807, 2.05) is 0 Å². The molecule has 1 aromatic rings. The van der Waals surface area contributed by atoms with E-state index in [4.69, 9.17) is 10.5 Å². The summed E-state index contributed by atoms with van der Waals surface area (Å²) in [6.45, 7) is 5.18. The van der Waals surface area contributed by atoms with E-state index in [-0.39, 0.29) is 5.56 Å². The van der Waals surface area contributed by atoms with Gasteiger partial charge in [-0.25, -0.2) is 4.39 Å². The van der Waals surface area contributed by atoms with Crippen LogP contribution in [0, 0.1) is 11.2 Å². The van der Waals surface area contributed by atoms with Gasteiger partial charge in [-0.3, -0.25) is 10.2 Å². The molecule has 0 fully saturated rings. The highest BCUT2D eigenvalue weighted by molar-refractivity contribution is 6.44. The summed E-state index contributed by atoms with van der Waals surface area (Å²) in [6, 6.07) is 1.50. The number of benzene rings is 1. The van der Waals surface area contributed by atoms with E-state index < -0.39 is 34.5 Å². The van der Waals surface area contributed by atoms with Gasteiger partial charge in [0, 0.05) is 17.2 Å². The average molecular weight is 254 g/mol. The number of phenols is 2. The van der Waals surface area contributed by atoms with Crippen LogP contribution in [-0.2, 0) is 4.79 Å². The molecule has 18 heavy (non-hydrogen) atoms. The zero-order chi connectivity index (χ0) is 14.1. The lowest BCUT2D eigenvalue weighted by Gasteiger charge is -2.20. The predicted molar refractivity (Wildman–Crippen MR) is 64.5 cm³/mol. The van der Waals surface area contributed by atoms with E-state index in [9.17, 15) is 14.3 Å². The summed E-state index contributed by atoms with van der Waals surface area (Å²) in [5.74, 6) is -2.93. The number of hydrogen-bond donors (Lipinski definition) is 4. The summed E-state index contributed by atoms with van der Waals surface area (Å²) in [5, 5.41) is 28.4. The molecule has 0 heterocycles. The summed E-state index contributed by atoms with van der Waals surface area (Å²) in [5.41, 5.74) is -1.54. The molecular formula is C12H15FN2O3. The van der Waals surface area contributed by atoms with Crippen LogP contribution in [0.25, 0.3) is 0 Å². The number of aromatic hydroxyl groups is 2. The first-order valence-electron chi connectivity index (χ1n) is 5.25. The van der Waals surface area contributed by atoms with Crippen molar-refractivity contribution in [3.8, 4) is 11.5 Å². The van der Waals surface area contributed by atoms with Crippen LogP contribution in [0.1, 0.15) is 26.3 Å². The number of hydrogen-bond acceptors (Lipinski definition) is 4. The second-order valence-corrected chi connectivity index (χ2v) is 4.90. The Kier molecular flexibility index (Phi) is 3.59. The predicted octanol–water partition coefficient (Wildman–Crippen LogP) is 1.52. The van der Waals surface area contributed by atoms with Crippen LogP contribution in [-0.4, -0.2) is 27.4 Å². The topological polar surface area (TPSA) is 93.4 Å². The molecule has 6 heteroatoms. The molecular weight excluding hydrogens is 239 g/mol. The highest BCUT2D eigenvalue weighted by Crippen LogP contribution is 2.27. The third-order valence-electron chi connectivity index (χ3n) is 2.05. The fourth-order valence-corrected chi connectivity index (χ4v) is 1.27. The Balaban J connectivity index is 3.05. The van der Waals surface area contributed by atoms with E-state index in [0.717, 1.165) is 6.07 Å². The highest BCUT2D eigenvalue weighted by Gasteiger charge is 2.22. The number of amides is 1. The third kappa shape index (κ3) is 3.19. The minimum absolute atomic E-state index is 0.368. The van der Waals surface area contributed by atoms with Crippen molar-refractivity contribution in [1.82, 2.24) is 5.32 Å². The van der Waals surface area contributed by atoms with Gasteiger partial charge >= 0.3 is 0 Å². The molecule has 0 aliphatic carbocycles. The van der Waals surface area contributed by atoms with Gasteiger partial charge in [0.1, 0.15) is 11.5 Å². The van der Waals surface area contributed by atoms with Gasteiger partial charge in [0.05, 0.1) is 0 Å². The van der Waals surface area contributed by atoms with Crippen molar-refractivity contribution in [2.75, 3.05) is 0 Å². The lowest BCUT2D eigenvalue weighted by Crippen LogP contribution is -2.44. The van der Waals surface area contributed by atoms with Crippen LogP contribution >= 0.6 is 0 Å². The molecule has 0 aliphatic heterocycles. The summed E-state index contributed by atoms with van der Waals surface area (Å²) >= 11 is 0. The Hall–Kier alpha value is -2.11. The maximum Gasteiger partial charge on any atom is 0.270 e. The first-order chi connectivity index (χ1) is 8.11. The van der Waals surface area contributed by atoms with Gasteiger partial charge in [0.2, 0.25) is 0 Å². The summed E-state index contributed by atoms with van der Waals surface area (Å²) < 4.78 is 13.5. The monoisotopic (exact) mass is 254 g/mol. The van der Waals surface area contributed by atoms with E-state index in [1.54, 1.807) is 20.8 Å². The van der Waals surface area contributed by atoms with Crippen LogP contribution in [0.4, 0.5) is 4.39 Å². The minimum Gasteiger partial charge on any atom is -0.504 e. The zero-order valence-electron chi connectivity index (χ0n) is 10.3. The summed E-state index contributed by atoms with van der Waals surface area (Å²) in [7, 11) is 0. The molecule has 0 aliphatic rings. The molecule has 0 atom stereocenters. The molecule has 0 aromatic heterocycles. The van der Waals surface area contributed by atoms with E-state index in [1.165, 1.54) is 0 Å². The van der Waals surface area contributed by atoms with Crippen LogP contribution in [0.3, 0.4) is 0 Å².